The maximum absolute atomic E-state index is 6.64. The van der Waals surface area contributed by atoms with Crippen molar-refractivity contribution in [2.45, 2.75) is 19.3 Å². The molecule has 0 radical (unpaired) electrons. The summed E-state index contributed by atoms with van der Waals surface area (Å²) in [6, 6.07) is 48.9. The van der Waals surface area contributed by atoms with E-state index in [9.17, 15) is 0 Å². The molecule has 0 amide bonds. The lowest BCUT2D eigenvalue weighted by molar-refractivity contribution is 0.407. The number of rotatable bonds is 4. The molecule has 9 rings (SSSR count). The van der Waals surface area contributed by atoms with Crippen molar-refractivity contribution in [3.63, 3.8) is 0 Å². The summed E-state index contributed by atoms with van der Waals surface area (Å²) in [5.41, 5.74) is 9.77. The van der Waals surface area contributed by atoms with Gasteiger partial charge in [-0.15, -0.1) is 0 Å². The molecule has 1 aliphatic rings. The van der Waals surface area contributed by atoms with Crippen molar-refractivity contribution in [2.75, 3.05) is 0 Å². The van der Waals surface area contributed by atoms with Gasteiger partial charge in [-0.1, -0.05) is 97.1 Å². The highest BCUT2D eigenvalue weighted by Gasteiger charge is 2.27. The Morgan fingerprint density at radius 3 is 2.09 bits per heavy atom. The van der Waals surface area contributed by atoms with Crippen LogP contribution in [0.25, 0.3) is 49.4 Å². The SMILES string of the molecule is Cc1cc2c(cc1C1NC(c3ccccc3)=NC(c3ccccc3)N1)oc1cc3c4ccccc4n(-c4ccccc4)c3cc12. The molecule has 6 aromatic carbocycles. The van der Waals surface area contributed by atoms with E-state index in [0.29, 0.717) is 0 Å². The van der Waals surface area contributed by atoms with Gasteiger partial charge in [0.15, 0.2) is 0 Å². The minimum absolute atomic E-state index is 0.161. The smallest absolute Gasteiger partial charge is 0.136 e. The largest absolute Gasteiger partial charge is 0.456 e. The Kier molecular flexibility index (Phi) is 5.86. The summed E-state index contributed by atoms with van der Waals surface area (Å²) in [6.07, 6.45) is -0.351. The Hall–Kier alpha value is -5.65. The standard InChI is InChI=1S/C40H30N4O/c1-25-21-32-33-22-35-31(29-19-11-12-20-34(29)44(35)28-17-9-4-10-18-28)24-37(33)45-36(32)23-30(25)40-42-38(26-13-5-2-6-14-26)41-39(43-40)27-15-7-3-8-16-27/h2-24,38,40,42H,1H3,(H,41,43). The number of amidine groups is 1. The number of aryl methyl sites for hydroxylation is 1. The second-order valence-corrected chi connectivity index (χ2v) is 11.8. The number of benzene rings is 6. The predicted octanol–water partition coefficient (Wildman–Crippen LogP) is 9.33. The van der Waals surface area contributed by atoms with Crippen LogP contribution >= 0.6 is 0 Å². The Balaban J connectivity index is 1.20. The molecule has 0 fully saturated rings. The lowest BCUT2D eigenvalue weighted by Gasteiger charge is -2.33. The fourth-order valence-electron chi connectivity index (χ4n) is 6.84. The summed E-state index contributed by atoms with van der Waals surface area (Å²) < 4.78 is 8.99. The molecule has 0 bridgehead atoms. The summed E-state index contributed by atoms with van der Waals surface area (Å²) in [7, 11) is 0. The van der Waals surface area contributed by atoms with E-state index in [1.54, 1.807) is 0 Å². The first kappa shape index (κ1) is 25.8. The van der Waals surface area contributed by atoms with E-state index in [1.165, 1.54) is 27.4 Å². The number of furan rings is 1. The van der Waals surface area contributed by atoms with Gasteiger partial charge in [-0.25, -0.2) is 4.99 Å². The van der Waals surface area contributed by atoms with Gasteiger partial charge in [0.1, 0.15) is 29.3 Å². The minimum Gasteiger partial charge on any atom is -0.456 e. The summed E-state index contributed by atoms with van der Waals surface area (Å²) in [5.74, 6) is 0.869. The van der Waals surface area contributed by atoms with Crippen LogP contribution in [0.3, 0.4) is 0 Å². The van der Waals surface area contributed by atoms with Crippen molar-refractivity contribution in [2.24, 2.45) is 4.99 Å². The zero-order valence-corrected chi connectivity index (χ0v) is 24.7. The molecule has 2 N–H and O–H groups in total. The van der Waals surface area contributed by atoms with E-state index in [1.807, 2.05) is 12.1 Å². The number of hydrogen-bond acceptors (Lipinski definition) is 4. The summed E-state index contributed by atoms with van der Waals surface area (Å²) in [4.78, 5) is 5.08. The van der Waals surface area contributed by atoms with Gasteiger partial charge in [0, 0.05) is 32.8 Å². The van der Waals surface area contributed by atoms with Gasteiger partial charge in [-0.05, 0) is 66.1 Å². The summed E-state index contributed by atoms with van der Waals surface area (Å²) in [6.45, 7) is 2.18. The highest BCUT2D eigenvalue weighted by atomic mass is 16.3. The molecule has 2 aromatic heterocycles. The normalized spacial score (nSPS) is 16.8. The quantitative estimate of drug-likeness (QED) is 0.217. The molecular weight excluding hydrogens is 552 g/mol. The second-order valence-electron chi connectivity index (χ2n) is 11.8. The Morgan fingerprint density at radius 2 is 1.29 bits per heavy atom. The third kappa shape index (κ3) is 4.24. The Morgan fingerprint density at radius 1 is 0.622 bits per heavy atom. The topological polar surface area (TPSA) is 54.5 Å². The van der Waals surface area contributed by atoms with Crippen LogP contribution in [-0.4, -0.2) is 10.4 Å². The number of nitrogens with zero attached hydrogens (tertiary/aromatic N) is 2. The highest BCUT2D eigenvalue weighted by molar-refractivity contribution is 6.17. The minimum atomic E-state index is -0.189. The van der Waals surface area contributed by atoms with Crippen molar-refractivity contribution in [1.29, 1.82) is 0 Å². The Labute approximate surface area is 260 Å². The fourth-order valence-corrected chi connectivity index (χ4v) is 6.84. The second kappa shape index (κ2) is 10.2. The number of aliphatic imine (C=N–C) groups is 1. The first-order chi connectivity index (χ1) is 22.2. The monoisotopic (exact) mass is 582 g/mol. The third-order valence-corrected chi connectivity index (χ3v) is 9.00. The zero-order chi connectivity index (χ0) is 29.9. The molecule has 0 saturated heterocycles. The van der Waals surface area contributed by atoms with E-state index < -0.39 is 0 Å². The lowest BCUT2D eigenvalue weighted by Crippen LogP contribution is -2.45. The van der Waals surface area contributed by atoms with E-state index in [-0.39, 0.29) is 12.3 Å². The van der Waals surface area contributed by atoms with Crippen LogP contribution in [0, 0.1) is 6.92 Å². The zero-order valence-electron chi connectivity index (χ0n) is 24.7. The number of nitrogens with one attached hydrogen (secondary N) is 2. The molecule has 5 nitrogen and oxygen atoms in total. The predicted molar refractivity (Wildman–Crippen MR) is 184 cm³/mol. The number of para-hydroxylation sites is 2. The average molecular weight is 583 g/mol. The maximum Gasteiger partial charge on any atom is 0.136 e. The molecular formula is C40H30N4O. The third-order valence-electron chi connectivity index (χ3n) is 9.00. The summed E-state index contributed by atoms with van der Waals surface area (Å²) >= 11 is 0. The van der Waals surface area contributed by atoms with Crippen molar-refractivity contribution in [1.82, 2.24) is 15.2 Å². The Bertz CT molecular complexity index is 2390. The molecule has 0 saturated carbocycles. The van der Waals surface area contributed by atoms with Crippen LogP contribution in [0.4, 0.5) is 0 Å². The van der Waals surface area contributed by atoms with Gasteiger partial charge in [0.2, 0.25) is 0 Å². The summed E-state index contributed by atoms with van der Waals surface area (Å²) in [5, 5.41) is 12.1. The number of hydrogen-bond donors (Lipinski definition) is 2. The van der Waals surface area contributed by atoms with E-state index in [4.69, 9.17) is 9.41 Å². The van der Waals surface area contributed by atoms with Crippen LogP contribution < -0.4 is 10.6 Å². The molecule has 216 valence electrons. The van der Waals surface area contributed by atoms with Gasteiger partial charge in [-0.3, -0.25) is 5.32 Å². The fraction of sp³-hybridized carbons (Fsp3) is 0.0750. The van der Waals surface area contributed by atoms with E-state index >= 15 is 0 Å². The number of aromatic nitrogens is 1. The van der Waals surface area contributed by atoms with Crippen LogP contribution in [0.2, 0.25) is 0 Å². The van der Waals surface area contributed by atoms with Crippen LogP contribution in [0.1, 0.15) is 34.6 Å². The van der Waals surface area contributed by atoms with Crippen LogP contribution in [-0.2, 0) is 0 Å². The first-order valence-electron chi connectivity index (χ1n) is 15.4. The van der Waals surface area contributed by atoms with Crippen molar-refractivity contribution in [3.05, 3.63) is 162 Å². The maximum atomic E-state index is 6.64. The molecule has 2 atom stereocenters. The molecule has 5 heteroatoms. The van der Waals surface area contributed by atoms with Gasteiger partial charge >= 0.3 is 0 Å². The molecule has 3 heterocycles. The molecule has 1 aliphatic heterocycles. The van der Waals surface area contributed by atoms with Gasteiger partial charge in [0.05, 0.1) is 11.0 Å². The van der Waals surface area contributed by atoms with Crippen molar-refractivity contribution in [3.8, 4) is 5.69 Å². The van der Waals surface area contributed by atoms with Crippen molar-refractivity contribution < 1.29 is 4.42 Å². The van der Waals surface area contributed by atoms with Gasteiger partial charge < -0.3 is 14.3 Å². The average Bonchev–Trinajstić information content (AvgIpc) is 3.62. The number of fused-ring (bicyclic) bond motifs is 6. The molecule has 2 unspecified atom stereocenters. The molecule has 0 aliphatic carbocycles. The lowest BCUT2D eigenvalue weighted by atomic mass is 10.00. The van der Waals surface area contributed by atoms with Crippen LogP contribution in [0.15, 0.2) is 149 Å². The van der Waals surface area contributed by atoms with Gasteiger partial charge in [-0.2, -0.15) is 0 Å². The van der Waals surface area contributed by atoms with E-state index in [2.05, 4.69) is 150 Å². The molecule has 0 spiro atoms. The van der Waals surface area contributed by atoms with Gasteiger partial charge in [0.25, 0.3) is 0 Å². The van der Waals surface area contributed by atoms with Crippen LogP contribution in [0.5, 0.6) is 0 Å². The van der Waals surface area contributed by atoms with Crippen molar-refractivity contribution >= 4 is 49.6 Å². The molecule has 8 aromatic rings. The first-order valence-corrected chi connectivity index (χ1v) is 15.4. The molecule has 45 heavy (non-hydrogen) atoms. The highest BCUT2D eigenvalue weighted by Crippen LogP contribution is 2.39. The van der Waals surface area contributed by atoms with E-state index in [0.717, 1.165) is 50.2 Å².